The molecule has 5 heteroatoms. The van der Waals surface area contributed by atoms with E-state index in [0.717, 1.165) is 12.3 Å². The van der Waals surface area contributed by atoms with E-state index in [0.29, 0.717) is 0 Å². The van der Waals surface area contributed by atoms with Gasteiger partial charge in [-0.25, -0.2) is 4.39 Å². The Labute approximate surface area is 66.7 Å². The van der Waals surface area contributed by atoms with Gasteiger partial charge in [0.25, 0.3) is 5.56 Å². The van der Waals surface area contributed by atoms with Crippen LogP contribution in [0.2, 0.25) is 0 Å². The Kier molecular flexibility index (Phi) is 2.23. The van der Waals surface area contributed by atoms with Gasteiger partial charge >= 0.3 is 5.97 Å². The van der Waals surface area contributed by atoms with Crippen LogP contribution in [0.15, 0.2) is 17.1 Å². The molecule has 0 saturated heterocycles. The second kappa shape index (κ2) is 3.17. The Morgan fingerprint density at radius 2 is 2.33 bits per heavy atom. The van der Waals surface area contributed by atoms with Gasteiger partial charge in [0.05, 0.1) is 6.42 Å². The molecule has 2 N–H and O–H groups in total. The summed E-state index contributed by atoms with van der Waals surface area (Å²) in [7, 11) is 0. The number of aromatic nitrogens is 1. The Bertz CT molecular complexity index is 358. The lowest BCUT2D eigenvalue weighted by Crippen LogP contribution is -2.10. The van der Waals surface area contributed by atoms with Gasteiger partial charge in [0.1, 0.15) is 5.82 Å². The van der Waals surface area contributed by atoms with Crippen molar-refractivity contribution in [3.8, 4) is 0 Å². The Morgan fingerprint density at radius 3 is 2.83 bits per heavy atom. The van der Waals surface area contributed by atoms with Gasteiger partial charge in [-0.1, -0.05) is 0 Å². The number of nitrogens with one attached hydrogen (secondary N) is 1. The van der Waals surface area contributed by atoms with Crippen molar-refractivity contribution in [2.45, 2.75) is 6.42 Å². The number of aromatic amines is 1. The predicted octanol–water partition coefficient (Wildman–Crippen LogP) is 0.141. The Balaban J connectivity index is 3.01. The molecule has 0 aliphatic rings. The van der Waals surface area contributed by atoms with Crippen molar-refractivity contribution < 1.29 is 14.3 Å². The lowest BCUT2D eigenvalue weighted by molar-refractivity contribution is -0.136. The Morgan fingerprint density at radius 1 is 1.67 bits per heavy atom. The zero-order valence-electron chi connectivity index (χ0n) is 6.00. The van der Waals surface area contributed by atoms with Crippen molar-refractivity contribution in [2.24, 2.45) is 0 Å². The maximum Gasteiger partial charge on any atom is 0.307 e. The van der Waals surface area contributed by atoms with Gasteiger partial charge in [0.15, 0.2) is 0 Å². The summed E-state index contributed by atoms with van der Waals surface area (Å²) in [6, 6.07) is 0.721. The zero-order chi connectivity index (χ0) is 9.14. The monoisotopic (exact) mass is 171 g/mol. The van der Waals surface area contributed by atoms with Crippen LogP contribution in [0.1, 0.15) is 5.56 Å². The van der Waals surface area contributed by atoms with Crippen molar-refractivity contribution in [1.29, 1.82) is 0 Å². The van der Waals surface area contributed by atoms with Gasteiger partial charge in [-0.05, 0) is 0 Å². The first-order valence-electron chi connectivity index (χ1n) is 3.18. The number of carboxylic acid groups (broad SMARTS) is 1. The summed E-state index contributed by atoms with van der Waals surface area (Å²) in [6.45, 7) is 0. The first-order valence-corrected chi connectivity index (χ1v) is 3.18. The van der Waals surface area contributed by atoms with Crippen LogP contribution in [0, 0.1) is 5.82 Å². The molecule has 1 heterocycles. The number of hydrogen-bond acceptors (Lipinski definition) is 2. The topological polar surface area (TPSA) is 70.2 Å². The predicted molar refractivity (Wildman–Crippen MR) is 38.4 cm³/mol. The van der Waals surface area contributed by atoms with Crippen LogP contribution < -0.4 is 5.56 Å². The number of carboxylic acids is 1. The zero-order valence-corrected chi connectivity index (χ0v) is 6.00. The fraction of sp³-hybridized carbons (Fsp3) is 0.143. The van der Waals surface area contributed by atoms with E-state index in [1.165, 1.54) is 0 Å². The van der Waals surface area contributed by atoms with Crippen molar-refractivity contribution in [3.63, 3.8) is 0 Å². The number of halogens is 1. The minimum Gasteiger partial charge on any atom is -0.481 e. The summed E-state index contributed by atoms with van der Waals surface area (Å²) in [5.41, 5.74) is -0.608. The molecule has 64 valence electrons. The highest BCUT2D eigenvalue weighted by Crippen LogP contribution is 2.02. The lowest BCUT2D eigenvalue weighted by atomic mass is 10.2. The largest absolute Gasteiger partial charge is 0.481 e. The van der Waals surface area contributed by atoms with E-state index in [1.54, 1.807) is 0 Å². The first kappa shape index (κ1) is 8.45. The summed E-state index contributed by atoms with van der Waals surface area (Å²) < 4.78 is 12.7. The highest BCUT2D eigenvalue weighted by Gasteiger charge is 2.06. The highest BCUT2D eigenvalue weighted by atomic mass is 19.1. The molecule has 0 fully saturated rings. The molecule has 1 aromatic heterocycles. The van der Waals surface area contributed by atoms with E-state index >= 15 is 0 Å². The van der Waals surface area contributed by atoms with Crippen LogP contribution in [-0.4, -0.2) is 16.1 Å². The molecular formula is C7H6FNO3. The summed E-state index contributed by atoms with van der Waals surface area (Å²) >= 11 is 0. The number of pyridine rings is 1. The molecule has 0 amide bonds. The maximum atomic E-state index is 12.7. The number of rotatable bonds is 2. The summed E-state index contributed by atoms with van der Waals surface area (Å²) in [4.78, 5) is 22.8. The molecule has 0 aliphatic carbocycles. The smallest absolute Gasteiger partial charge is 0.307 e. The van der Waals surface area contributed by atoms with Crippen LogP contribution in [0.4, 0.5) is 4.39 Å². The molecule has 0 aromatic carbocycles. The van der Waals surface area contributed by atoms with Crippen LogP contribution in [0.5, 0.6) is 0 Å². The molecule has 1 rings (SSSR count). The molecule has 0 atom stereocenters. The van der Waals surface area contributed by atoms with Crippen molar-refractivity contribution in [2.75, 3.05) is 0 Å². The van der Waals surface area contributed by atoms with Crippen molar-refractivity contribution >= 4 is 5.97 Å². The SMILES string of the molecule is O=C(O)Cc1c[nH]c(=O)cc1F. The molecule has 0 unspecified atom stereocenters. The fourth-order valence-electron chi connectivity index (χ4n) is 0.775. The van der Waals surface area contributed by atoms with E-state index < -0.39 is 23.8 Å². The average Bonchev–Trinajstić information content (AvgIpc) is 1.94. The highest BCUT2D eigenvalue weighted by molar-refractivity contribution is 5.70. The lowest BCUT2D eigenvalue weighted by Gasteiger charge is -1.96. The Hall–Kier alpha value is -1.65. The first-order chi connectivity index (χ1) is 5.59. The van der Waals surface area contributed by atoms with Crippen LogP contribution in [0.3, 0.4) is 0 Å². The maximum absolute atomic E-state index is 12.7. The van der Waals surface area contributed by atoms with Gasteiger partial charge in [-0.15, -0.1) is 0 Å². The number of H-pyrrole nitrogens is 1. The third kappa shape index (κ3) is 1.91. The fourth-order valence-corrected chi connectivity index (χ4v) is 0.775. The second-order valence-corrected chi connectivity index (χ2v) is 2.24. The average molecular weight is 171 g/mol. The standard InChI is InChI=1S/C7H6FNO3/c8-5-2-6(10)9-3-4(5)1-7(11)12/h2-3H,1H2,(H,9,10)(H,11,12). The third-order valence-corrected chi connectivity index (χ3v) is 1.29. The van der Waals surface area contributed by atoms with E-state index in [2.05, 4.69) is 4.98 Å². The molecule has 0 bridgehead atoms. The van der Waals surface area contributed by atoms with E-state index in [-0.39, 0.29) is 5.56 Å². The number of aliphatic carboxylic acids is 1. The van der Waals surface area contributed by atoms with Crippen LogP contribution >= 0.6 is 0 Å². The quantitative estimate of drug-likeness (QED) is 0.664. The van der Waals surface area contributed by atoms with Crippen molar-refractivity contribution in [3.05, 3.63) is 34.0 Å². The number of hydrogen-bond donors (Lipinski definition) is 2. The normalized spacial score (nSPS) is 9.75. The van der Waals surface area contributed by atoms with Gasteiger partial charge in [-0.2, -0.15) is 0 Å². The van der Waals surface area contributed by atoms with Gasteiger partial charge in [-0.3, -0.25) is 9.59 Å². The van der Waals surface area contributed by atoms with E-state index in [1.807, 2.05) is 0 Å². The molecule has 1 aromatic rings. The summed E-state index contributed by atoms with van der Waals surface area (Å²) in [5.74, 6) is -1.93. The molecule has 12 heavy (non-hydrogen) atoms. The third-order valence-electron chi connectivity index (χ3n) is 1.29. The van der Waals surface area contributed by atoms with Gasteiger partial charge in [0, 0.05) is 17.8 Å². The minimum atomic E-state index is -1.14. The second-order valence-electron chi connectivity index (χ2n) is 2.24. The van der Waals surface area contributed by atoms with Crippen molar-refractivity contribution in [1.82, 2.24) is 4.98 Å². The summed E-state index contributed by atoms with van der Waals surface area (Å²) in [5, 5.41) is 8.30. The molecule has 0 aliphatic heterocycles. The summed E-state index contributed by atoms with van der Waals surface area (Å²) in [6.07, 6.45) is 0.633. The molecule has 0 radical (unpaired) electrons. The van der Waals surface area contributed by atoms with E-state index in [4.69, 9.17) is 5.11 Å². The van der Waals surface area contributed by atoms with Gasteiger partial charge < -0.3 is 10.1 Å². The molecule has 0 saturated carbocycles. The molecule has 4 nitrogen and oxygen atoms in total. The van der Waals surface area contributed by atoms with E-state index in [9.17, 15) is 14.0 Å². The van der Waals surface area contributed by atoms with Crippen LogP contribution in [-0.2, 0) is 11.2 Å². The van der Waals surface area contributed by atoms with Crippen LogP contribution in [0.25, 0.3) is 0 Å². The minimum absolute atomic E-state index is 0.0258. The molecular weight excluding hydrogens is 165 g/mol. The molecule has 0 spiro atoms. The van der Waals surface area contributed by atoms with Gasteiger partial charge in [0.2, 0.25) is 0 Å². The number of carbonyl (C=O) groups is 1.